The van der Waals surface area contributed by atoms with E-state index in [2.05, 4.69) is 0 Å². The zero-order valence-corrected chi connectivity index (χ0v) is 17.4. The molecule has 1 fully saturated rings. The Hall–Kier alpha value is -0.958. The number of hydrogen-bond donors (Lipinski definition) is 0. The Bertz CT molecular complexity index is 535. The zero-order chi connectivity index (χ0) is 16.8. The predicted octanol–water partition coefficient (Wildman–Crippen LogP) is 1.71. The third-order valence-corrected chi connectivity index (χ3v) is 4.97. The van der Waals surface area contributed by atoms with Crippen LogP contribution in [0.2, 0.25) is 3.48 Å². The Morgan fingerprint density at radius 2 is 2.04 bits per heavy atom. The molecule has 1 saturated heterocycles. The number of ether oxygens (including phenoxy) is 2. The first-order valence-electron chi connectivity index (χ1n) is 7.78. The monoisotopic (exact) mass is 512 g/mol. The summed E-state index contributed by atoms with van der Waals surface area (Å²) in [6, 6.07) is 9.42. The van der Waals surface area contributed by atoms with Gasteiger partial charge in [0, 0.05) is 0 Å². The molecule has 3 unspecified atom stereocenters. The van der Waals surface area contributed by atoms with Crippen molar-refractivity contribution in [3.05, 3.63) is 35.9 Å². The normalized spacial score (nSPS) is 22.5. The van der Waals surface area contributed by atoms with E-state index in [1.54, 1.807) is 4.90 Å². The van der Waals surface area contributed by atoms with Gasteiger partial charge in [0.2, 0.25) is 0 Å². The second kappa shape index (κ2) is 8.77. The number of carbonyl (C=O) groups is 2. The molecule has 1 aromatic rings. The molecule has 0 aliphatic carbocycles. The van der Waals surface area contributed by atoms with E-state index in [-0.39, 0.29) is 21.5 Å². The molecule has 3 radical (unpaired) electrons. The molecule has 2 rings (SSSR count). The Morgan fingerprint density at radius 1 is 1.35 bits per heavy atom. The van der Waals surface area contributed by atoms with Crippen LogP contribution in [0, 0.1) is 0 Å². The summed E-state index contributed by atoms with van der Waals surface area (Å²) in [7, 11) is 1.36. The summed E-state index contributed by atoms with van der Waals surface area (Å²) in [5, 5.41) is 0. The number of carbonyl (C=O) groups excluding carboxylic acids is 2. The first-order valence-corrected chi connectivity index (χ1v) is 10.0. The number of benzene rings is 1. The van der Waals surface area contributed by atoms with Crippen LogP contribution in [-0.2, 0) is 25.7 Å². The van der Waals surface area contributed by atoms with Crippen LogP contribution in [0.25, 0.3) is 0 Å². The summed E-state index contributed by atoms with van der Waals surface area (Å²) in [4.78, 5) is 26.1. The minimum atomic E-state index is -0.529. The van der Waals surface area contributed by atoms with E-state index in [0.717, 1.165) is 37.8 Å². The summed E-state index contributed by atoms with van der Waals surface area (Å²) < 4.78 is 10.8. The number of esters is 1. The van der Waals surface area contributed by atoms with Gasteiger partial charge in [0.05, 0.1) is 0 Å². The second-order valence-corrected chi connectivity index (χ2v) is 9.10. The van der Waals surface area contributed by atoms with Crippen molar-refractivity contribution in [3.63, 3.8) is 0 Å². The molecule has 1 aliphatic heterocycles. The molecule has 123 valence electrons. The van der Waals surface area contributed by atoms with Gasteiger partial charge < -0.3 is 0 Å². The van der Waals surface area contributed by atoms with Gasteiger partial charge >= 0.3 is 153 Å². The van der Waals surface area contributed by atoms with Gasteiger partial charge in [0.15, 0.2) is 0 Å². The van der Waals surface area contributed by atoms with Gasteiger partial charge in [0.25, 0.3) is 0 Å². The maximum absolute atomic E-state index is 12.3. The Balaban J connectivity index is 1.98. The van der Waals surface area contributed by atoms with Crippen molar-refractivity contribution in [2.75, 3.05) is 13.7 Å². The number of amides is 1. The molecule has 0 aromatic heterocycles. The molecule has 1 aliphatic rings. The average Bonchev–Trinajstić information content (AvgIpc) is 2.59. The van der Waals surface area contributed by atoms with Crippen LogP contribution in [0.15, 0.2) is 30.3 Å². The number of methoxy groups -OCH3 is 1. The Morgan fingerprint density at radius 3 is 2.65 bits per heavy atom. The first-order chi connectivity index (χ1) is 11.0. The van der Waals surface area contributed by atoms with E-state index >= 15 is 0 Å². The van der Waals surface area contributed by atoms with Crippen LogP contribution < -0.4 is 0 Å². The molecule has 3 atom stereocenters. The van der Waals surface area contributed by atoms with Crippen LogP contribution in [0.4, 0.5) is 0 Å². The van der Waals surface area contributed by atoms with Gasteiger partial charge in [-0.25, -0.2) is 0 Å². The predicted molar refractivity (Wildman–Crippen MR) is 86.9 cm³/mol. The number of piperidine rings is 1. The third kappa shape index (κ3) is 5.01. The van der Waals surface area contributed by atoms with E-state index in [1.807, 2.05) is 37.3 Å². The van der Waals surface area contributed by atoms with Crippen molar-refractivity contribution in [1.82, 2.24) is 4.90 Å². The van der Waals surface area contributed by atoms with E-state index in [0.29, 0.717) is 19.6 Å². The molecule has 1 amide bonds. The fourth-order valence-corrected chi connectivity index (χ4v) is 3.39. The molecular formula is C17H22NO4Pb. The Kier molecular flexibility index (Phi) is 7.01. The SMILES string of the molecule is COC(=O)C1CC(OCc2ccccc2)CCN1C(=O)[CH](C)[Pb]. The quantitative estimate of drug-likeness (QED) is 0.446. The number of likely N-dealkylation sites (tertiary alicyclic amines) is 1. The molecule has 23 heavy (non-hydrogen) atoms. The van der Waals surface area contributed by atoms with Crippen molar-refractivity contribution >= 4 is 37.6 Å². The molecular weight excluding hydrogens is 489 g/mol. The van der Waals surface area contributed by atoms with Crippen LogP contribution in [-0.4, -0.2) is 68.3 Å². The molecule has 1 heterocycles. The van der Waals surface area contributed by atoms with Crippen molar-refractivity contribution in [1.29, 1.82) is 0 Å². The third-order valence-electron chi connectivity index (χ3n) is 4.01. The molecule has 5 nitrogen and oxygen atoms in total. The van der Waals surface area contributed by atoms with Crippen molar-refractivity contribution in [2.45, 2.75) is 42.0 Å². The summed E-state index contributed by atoms with van der Waals surface area (Å²) in [5.74, 6) is -0.303. The molecule has 6 heteroatoms. The van der Waals surface area contributed by atoms with E-state index in [4.69, 9.17) is 9.47 Å². The molecule has 0 spiro atoms. The second-order valence-electron chi connectivity index (χ2n) is 5.74. The van der Waals surface area contributed by atoms with E-state index in [1.165, 1.54) is 7.11 Å². The van der Waals surface area contributed by atoms with E-state index in [9.17, 15) is 9.59 Å². The first kappa shape index (κ1) is 18.4. The van der Waals surface area contributed by atoms with Gasteiger partial charge in [0.1, 0.15) is 0 Å². The van der Waals surface area contributed by atoms with Crippen LogP contribution in [0.3, 0.4) is 0 Å². The van der Waals surface area contributed by atoms with Gasteiger partial charge in [-0.2, -0.15) is 0 Å². The standard InChI is InChI=1S/C17H22NO4.Pb/c1-3-16(19)18-10-9-14(11-15(18)17(20)21-2)22-12-13-7-5-4-6-8-13;/h3-8,14-15H,9-12H2,1-2H3;. The zero-order valence-electron chi connectivity index (χ0n) is 13.5. The molecule has 1 aromatic carbocycles. The van der Waals surface area contributed by atoms with Crippen molar-refractivity contribution < 1.29 is 19.1 Å². The summed E-state index contributed by atoms with van der Waals surface area (Å²) >= 11 is 0.780. The summed E-state index contributed by atoms with van der Waals surface area (Å²) in [6.07, 6.45) is 1.22. The molecule has 0 N–H and O–H groups in total. The fraction of sp³-hybridized carbons (Fsp3) is 0.529. The summed E-state index contributed by atoms with van der Waals surface area (Å²) in [5.41, 5.74) is 1.11. The number of rotatable bonds is 5. The number of nitrogens with zero attached hydrogens (tertiary/aromatic N) is 1. The molecule has 0 bridgehead atoms. The van der Waals surface area contributed by atoms with Crippen LogP contribution >= 0.6 is 0 Å². The van der Waals surface area contributed by atoms with Gasteiger partial charge in [-0.05, 0) is 0 Å². The van der Waals surface area contributed by atoms with Crippen LogP contribution in [0.5, 0.6) is 0 Å². The van der Waals surface area contributed by atoms with Crippen molar-refractivity contribution in [3.8, 4) is 0 Å². The minimum absolute atomic E-state index is 0.00365. The summed E-state index contributed by atoms with van der Waals surface area (Å²) in [6.45, 7) is 2.97. The Labute approximate surface area is 153 Å². The van der Waals surface area contributed by atoms with Gasteiger partial charge in [-0.3, -0.25) is 0 Å². The number of hydrogen-bond acceptors (Lipinski definition) is 4. The van der Waals surface area contributed by atoms with Gasteiger partial charge in [-0.15, -0.1) is 0 Å². The topological polar surface area (TPSA) is 55.8 Å². The maximum atomic E-state index is 12.3. The van der Waals surface area contributed by atoms with E-state index < -0.39 is 6.04 Å². The average molecular weight is 512 g/mol. The van der Waals surface area contributed by atoms with Gasteiger partial charge in [-0.1, -0.05) is 0 Å². The molecule has 0 saturated carbocycles. The van der Waals surface area contributed by atoms with Crippen molar-refractivity contribution in [2.24, 2.45) is 0 Å². The van der Waals surface area contributed by atoms with Crippen LogP contribution in [0.1, 0.15) is 25.3 Å². The fourth-order valence-electron chi connectivity index (χ4n) is 2.74.